The average molecular weight is 346 g/mol. The lowest BCUT2D eigenvalue weighted by Gasteiger charge is -2.34. The molecule has 0 spiro atoms. The van der Waals surface area contributed by atoms with Gasteiger partial charge in [0, 0.05) is 5.92 Å². The van der Waals surface area contributed by atoms with Crippen molar-refractivity contribution in [1.82, 2.24) is 15.5 Å². The third-order valence-electron chi connectivity index (χ3n) is 4.97. The summed E-state index contributed by atoms with van der Waals surface area (Å²) < 4.78 is 5.57. The van der Waals surface area contributed by atoms with E-state index in [2.05, 4.69) is 15.5 Å². The van der Waals surface area contributed by atoms with Crippen LogP contribution in [0.4, 0.5) is 0 Å². The van der Waals surface area contributed by atoms with Gasteiger partial charge >= 0.3 is 0 Å². The third kappa shape index (κ3) is 2.93. The van der Waals surface area contributed by atoms with Crippen molar-refractivity contribution in [3.63, 3.8) is 0 Å². The Morgan fingerprint density at radius 1 is 1.21 bits per heavy atom. The molecule has 6 heteroatoms. The lowest BCUT2D eigenvalue weighted by molar-refractivity contribution is 0.0824. The normalized spacial score (nSPS) is 19.9. The van der Waals surface area contributed by atoms with E-state index >= 15 is 0 Å². The number of rotatable bonds is 4. The number of halogens is 1. The summed E-state index contributed by atoms with van der Waals surface area (Å²) in [6.45, 7) is 0. The molecule has 1 N–H and O–H groups in total. The molecular weight excluding hydrogens is 326 g/mol. The van der Waals surface area contributed by atoms with Gasteiger partial charge in [0.15, 0.2) is 5.82 Å². The van der Waals surface area contributed by atoms with Crippen LogP contribution in [0.2, 0.25) is 5.02 Å². The quantitative estimate of drug-likeness (QED) is 0.902. The van der Waals surface area contributed by atoms with Gasteiger partial charge in [-0.3, -0.25) is 4.79 Å². The van der Waals surface area contributed by atoms with E-state index in [1.54, 1.807) is 12.1 Å². The monoisotopic (exact) mass is 345 g/mol. The minimum Gasteiger partial charge on any atom is -0.338 e. The number of hydrogen-bond acceptors (Lipinski definition) is 4. The summed E-state index contributed by atoms with van der Waals surface area (Å²) in [5.41, 5.74) is -0.0969. The Labute approximate surface area is 145 Å². The molecule has 2 fully saturated rings. The van der Waals surface area contributed by atoms with Gasteiger partial charge in [-0.2, -0.15) is 4.98 Å². The van der Waals surface area contributed by atoms with Crippen LogP contribution in [0.3, 0.4) is 0 Å². The van der Waals surface area contributed by atoms with Gasteiger partial charge < -0.3 is 9.84 Å². The van der Waals surface area contributed by atoms with E-state index in [0.29, 0.717) is 22.4 Å². The van der Waals surface area contributed by atoms with Crippen LogP contribution in [0.15, 0.2) is 28.8 Å². The molecule has 1 heterocycles. The zero-order valence-corrected chi connectivity index (χ0v) is 14.2. The van der Waals surface area contributed by atoms with Gasteiger partial charge in [-0.15, -0.1) is 0 Å². The molecule has 0 atom stereocenters. The summed E-state index contributed by atoms with van der Waals surface area (Å²) in [6.07, 6.45) is 7.10. The Balaban J connectivity index is 1.63. The number of hydrogen-bond donors (Lipinski definition) is 1. The molecule has 0 bridgehead atoms. The zero-order valence-electron chi connectivity index (χ0n) is 13.4. The van der Waals surface area contributed by atoms with Gasteiger partial charge in [0.05, 0.1) is 10.6 Å². The van der Waals surface area contributed by atoms with E-state index in [0.717, 1.165) is 50.8 Å². The number of nitrogens with one attached hydrogen (secondary N) is 1. The van der Waals surface area contributed by atoms with Crippen molar-refractivity contribution < 1.29 is 9.32 Å². The summed E-state index contributed by atoms with van der Waals surface area (Å²) in [4.78, 5) is 17.4. The van der Waals surface area contributed by atoms with Gasteiger partial charge in [0.25, 0.3) is 11.8 Å². The Kier molecular flexibility index (Phi) is 4.04. The Morgan fingerprint density at radius 3 is 2.67 bits per heavy atom. The summed E-state index contributed by atoms with van der Waals surface area (Å²) in [5, 5.41) is 7.74. The van der Waals surface area contributed by atoms with E-state index in [1.165, 1.54) is 0 Å². The van der Waals surface area contributed by atoms with Gasteiger partial charge in [-0.05, 0) is 37.8 Å². The number of carbonyl (C=O) groups is 1. The number of amides is 1. The highest BCUT2D eigenvalue weighted by atomic mass is 35.5. The van der Waals surface area contributed by atoms with Crippen molar-refractivity contribution in [1.29, 1.82) is 0 Å². The average Bonchev–Trinajstić information content (AvgIpc) is 3.32. The second-order valence-electron chi connectivity index (χ2n) is 6.81. The Bertz CT molecular complexity index is 748. The first-order chi connectivity index (χ1) is 11.7. The van der Waals surface area contributed by atoms with E-state index in [4.69, 9.17) is 16.1 Å². The second-order valence-corrected chi connectivity index (χ2v) is 7.22. The molecule has 2 saturated carbocycles. The molecule has 2 aliphatic rings. The maximum absolute atomic E-state index is 12.8. The van der Waals surface area contributed by atoms with E-state index in [9.17, 15) is 4.79 Å². The highest BCUT2D eigenvalue weighted by Crippen LogP contribution is 2.41. The van der Waals surface area contributed by atoms with E-state index in [1.807, 2.05) is 12.1 Å². The van der Waals surface area contributed by atoms with Crippen LogP contribution in [0.5, 0.6) is 0 Å². The molecule has 1 amide bonds. The summed E-state index contributed by atoms with van der Waals surface area (Å²) in [7, 11) is 0. The van der Waals surface area contributed by atoms with Crippen molar-refractivity contribution in [3.8, 4) is 0 Å². The van der Waals surface area contributed by atoms with Crippen molar-refractivity contribution in [3.05, 3.63) is 46.6 Å². The fourth-order valence-corrected chi connectivity index (χ4v) is 3.64. The molecule has 5 nitrogen and oxygen atoms in total. The van der Waals surface area contributed by atoms with Gasteiger partial charge in [-0.1, -0.05) is 48.2 Å². The molecule has 4 rings (SSSR count). The molecule has 0 saturated heterocycles. The summed E-state index contributed by atoms with van der Waals surface area (Å²) in [6, 6.07) is 7.08. The second kappa shape index (κ2) is 6.20. The predicted octanol–water partition coefficient (Wildman–Crippen LogP) is 4.19. The lowest BCUT2D eigenvalue weighted by atomic mass is 9.81. The standard InChI is InChI=1S/C18H20ClN3O2/c19-14-7-3-2-6-13(14)16(23)21-18(10-4-1-5-11-18)17-20-15(22-24-17)12-8-9-12/h2-3,6-7,12H,1,4-5,8-11H2,(H,21,23). The summed E-state index contributed by atoms with van der Waals surface area (Å²) in [5.74, 6) is 1.57. The molecule has 0 unspecified atom stereocenters. The number of aromatic nitrogens is 2. The Hall–Kier alpha value is -1.88. The molecule has 126 valence electrons. The molecule has 2 aromatic rings. The van der Waals surface area contributed by atoms with Gasteiger partial charge in [0.2, 0.25) is 0 Å². The van der Waals surface area contributed by atoms with Gasteiger partial charge in [0.1, 0.15) is 5.54 Å². The fraction of sp³-hybridized carbons (Fsp3) is 0.500. The first-order valence-electron chi connectivity index (χ1n) is 8.59. The Morgan fingerprint density at radius 2 is 1.96 bits per heavy atom. The van der Waals surface area contributed by atoms with Crippen molar-refractivity contribution in [2.45, 2.75) is 56.4 Å². The maximum Gasteiger partial charge on any atom is 0.253 e. The minimum absolute atomic E-state index is 0.186. The van der Waals surface area contributed by atoms with Crippen LogP contribution in [0, 0.1) is 0 Å². The number of benzene rings is 1. The molecule has 1 aromatic heterocycles. The van der Waals surface area contributed by atoms with Crippen LogP contribution in [-0.2, 0) is 5.54 Å². The fourth-order valence-electron chi connectivity index (χ4n) is 3.41. The third-order valence-corrected chi connectivity index (χ3v) is 5.30. The topological polar surface area (TPSA) is 68.0 Å². The van der Waals surface area contributed by atoms with Crippen LogP contribution >= 0.6 is 11.6 Å². The van der Waals surface area contributed by atoms with Crippen LogP contribution < -0.4 is 5.32 Å². The first-order valence-corrected chi connectivity index (χ1v) is 8.97. The van der Waals surface area contributed by atoms with E-state index < -0.39 is 5.54 Å². The molecule has 2 aliphatic carbocycles. The van der Waals surface area contributed by atoms with Crippen molar-refractivity contribution in [2.24, 2.45) is 0 Å². The smallest absolute Gasteiger partial charge is 0.253 e. The number of carbonyl (C=O) groups excluding carboxylic acids is 1. The lowest BCUT2D eigenvalue weighted by Crippen LogP contribution is -2.47. The van der Waals surface area contributed by atoms with Crippen LogP contribution in [-0.4, -0.2) is 16.0 Å². The SMILES string of the molecule is O=C(NC1(c2nc(C3CC3)no2)CCCCC1)c1ccccc1Cl. The zero-order chi connectivity index (χ0) is 16.6. The predicted molar refractivity (Wildman–Crippen MR) is 90.0 cm³/mol. The molecule has 1 aromatic carbocycles. The minimum atomic E-state index is -0.575. The van der Waals surface area contributed by atoms with Crippen LogP contribution in [0.25, 0.3) is 0 Å². The van der Waals surface area contributed by atoms with Crippen molar-refractivity contribution >= 4 is 17.5 Å². The highest BCUT2D eigenvalue weighted by molar-refractivity contribution is 6.33. The highest BCUT2D eigenvalue weighted by Gasteiger charge is 2.42. The number of nitrogens with zero attached hydrogens (tertiary/aromatic N) is 2. The molecule has 0 radical (unpaired) electrons. The largest absolute Gasteiger partial charge is 0.338 e. The molecule has 0 aliphatic heterocycles. The van der Waals surface area contributed by atoms with Crippen LogP contribution in [0.1, 0.15) is 72.9 Å². The van der Waals surface area contributed by atoms with E-state index in [-0.39, 0.29) is 5.91 Å². The molecular formula is C18H20ClN3O2. The summed E-state index contributed by atoms with van der Waals surface area (Å²) >= 11 is 6.17. The van der Waals surface area contributed by atoms with Crippen molar-refractivity contribution in [2.75, 3.05) is 0 Å². The molecule has 24 heavy (non-hydrogen) atoms. The maximum atomic E-state index is 12.8. The van der Waals surface area contributed by atoms with Gasteiger partial charge in [-0.25, -0.2) is 0 Å². The first kappa shape index (κ1) is 15.6.